The van der Waals surface area contributed by atoms with Gasteiger partial charge in [-0.3, -0.25) is 14.9 Å². The Morgan fingerprint density at radius 3 is 2.11 bits per heavy atom. The van der Waals surface area contributed by atoms with Gasteiger partial charge >= 0.3 is 0 Å². The van der Waals surface area contributed by atoms with Crippen LogP contribution in [0.5, 0.6) is 5.75 Å². The summed E-state index contributed by atoms with van der Waals surface area (Å²) in [7, 11) is 0. The zero-order chi connectivity index (χ0) is 26.4. The van der Waals surface area contributed by atoms with Gasteiger partial charge < -0.3 is 4.74 Å². The van der Waals surface area contributed by atoms with Gasteiger partial charge in [0.25, 0.3) is 5.69 Å². The summed E-state index contributed by atoms with van der Waals surface area (Å²) in [5.41, 5.74) is 4.61. The molecule has 0 saturated heterocycles. The van der Waals surface area contributed by atoms with Gasteiger partial charge in [0.1, 0.15) is 11.4 Å². The van der Waals surface area contributed by atoms with Gasteiger partial charge in [-0.2, -0.15) is 0 Å². The number of benzene rings is 3. The van der Waals surface area contributed by atoms with Gasteiger partial charge in [-0.15, -0.1) is 0 Å². The van der Waals surface area contributed by atoms with E-state index < -0.39 is 10.5 Å². The quantitative estimate of drug-likeness (QED) is 0.0995. The first kappa shape index (κ1) is 25.8. The number of non-ortho nitro benzene ring substituents is 1. The third-order valence-corrected chi connectivity index (χ3v) is 6.83. The molecule has 3 aromatic rings. The molecule has 5 heteroatoms. The smallest absolute Gasteiger partial charge is 0.269 e. The summed E-state index contributed by atoms with van der Waals surface area (Å²) in [6, 6.07) is 25.5. The van der Waals surface area contributed by atoms with E-state index in [0.717, 1.165) is 24.0 Å². The predicted molar refractivity (Wildman–Crippen MR) is 148 cm³/mol. The molecule has 0 heterocycles. The molecule has 0 bridgehead atoms. The maximum Gasteiger partial charge on any atom is 0.269 e. The molecule has 0 aliphatic heterocycles. The highest BCUT2D eigenvalue weighted by atomic mass is 16.6. The Bertz CT molecular complexity index is 1350. The lowest BCUT2D eigenvalue weighted by Gasteiger charge is -2.34. The lowest BCUT2D eigenvalue weighted by Crippen LogP contribution is -2.37. The second-order valence-electron chi connectivity index (χ2n) is 9.81. The molecule has 0 saturated carbocycles. The van der Waals surface area contributed by atoms with Gasteiger partial charge in [0.2, 0.25) is 0 Å². The third-order valence-electron chi connectivity index (χ3n) is 6.83. The molecule has 188 valence electrons. The Kier molecular flexibility index (Phi) is 7.83. The van der Waals surface area contributed by atoms with Crippen LogP contribution in [0.3, 0.4) is 0 Å². The van der Waals surface area contributed by atoms with Gasteiger partial charge in [0.15, 0.2) is 5.78 Å². The largest absolute Gasteiger partial charge is 0.487 e. The molecule has 4 rings (SSSR count). The minimum Gasteiger partial charge on any atom is -0.487 e. The van der Waals surface area contributed by atoms with Crippen LogP contribution in [0.2, 0.25) is 0 Å². The molecule has 1 unspecified atom stereocenters. The number of carbonyl (C=O) groups excluding carboxylic acids is 1. The number of ether oxygens (including phenoxy) is 1. The van der Waals surface area contributed by atoms with E-state index in [1.54, 1.807) is 18.2 Å². The van der Waals surface area contributed by atoms with E-state index in [0.29, 0.717) is 11.3 Å². The molecular formula is C32H31NO4. The van der Waals surface area contributed by atoms with E-state index in [9.17, 15) is 14.9 Å². The minimum absolute atomic E-state index is 0.0368. The molecular weight excluding hydrogens is 462 g/mol. The number of nitro groups is 1. The lowest BCUT2D eigenvalue weighted by molar-refractivity contribution is -0.384. The maximum atomic E-state index is 12.8. The van der Waals surface area contributed by atoms with Crippen LogP contribution in [-0.4, -0.2) is 16.3 Å². The van der Waals surface area contributed by atoms with Crippen LogP contribution >= 0.6 is 0 Å². The van der Waals surface area contributed by atoms with Gasteiger partial charge in [0.05, 0.1) is 4.92 Å². The van der Waals surface area contributed by atoms with Crippen LogP contribution in [0, 0.1) is 16.0 Å². The molecule has 0 fully saturated rings. The summed E-state index contributed by atoms with van der Waals surface area (Å²) < 4.78 is 6.38. The number of nitrogens with zero attached hydrogens (tertiary/aromatic N) is 1. The lowest BCUT2D eigenvalue weighted by atomic mass is 9.83. The van der Waals surface area contributed by atoms with Gasteiger partial charge in [-0.1, -0.05) is 78.4 Å². The average Bonchev–Trinajstić information content (AvgIpc) is 3.28. The highest BCUT2D eigenvalue weighted by Crippen LogP contribution is 2.43. The fourth-order valence-corrected chi connectivity index (χ4v) is 4.80. The van der Waals surface area contributed by atoms with Crippen LogP contribution in [0.1, 0.15) is 49.5 Å². The average molecular weight is 494 g/mol. The van der Waals surface area contributed by atoms with Crippen LogP contribution in [0.25, 0.3) is 5.57 Å². The van der Waals surface area contributed by atoms with Crippen molar-refractivity contribution in [1.82, 2.24) is 0 Å². The monoisotopic (exact) mass is 493 g/mol. The number of hydrogen-bond donors (Lipinski definition) is 0. The van der Waals surface area contributed by atoms with Crippen LogP contribution < -0.4 is 4.74 Å². The summed E-state index contributed by atoms with van der Waals surface area (Å²) in [5, 5.41) is 11.0. The highest BCUT2D eigenvalue weighted by Gasteiger charge is 2.37. The second-order valence-corrected chi connectivity index (χ2v) is 9.81. The van der Waals surface area contributed by atoms with Crippen molar-refractivity contribution < 1.29 is 14.5 Å². The van der Waals surface area contributed by atoms with Crippen molar-refractivity contribution in [1.29, 1.82) is 0 Å². The third kappa shape index (κ3) is 6.31. The number of rotatable bonds is 9. The van der Waals surface area contributed by atoms with Crippen molar-refractivity contribution in [2.24, 2.45) is 5.92 Å². The molecule has 5 nitrogen and oxygen atoms in total. The molecule has 0 spiro atoms. The van der Waals surface area contributed by atoms with Crippen LogP contribution in [-0.2, 0) is 0 Å². The maximum absolute atomic E-state index is 12.8. The molecule has 1 aliphatic carbocycles. The summed E-state index contributed by atoms with van der Waals surface area (Å²) in [6.45, 7) is 6.26. The summed E-state index contributed by atoms with van der Waals surface area (Å²) in [6.07, 6.45) is 7.60. The van der Waals surface area contributed by atoms with Crippen LogP contribution in [0.15, 0.2) is 114 Å². The van der Waals surface area contributed by atoms with E-state index >= 15 is 0 Å². The number of hydrogen-bond acceptors (Lipinski definition) is 4. The molecule has 3 aromatic carbocycles. The Morgan fingerprint density at radius 1 is 0.919 bits per heavy atom. The number of ketones is 1. The zero-order valence-corrected chi connectivity index (χ0v) is 21.4. The molecule has 1 atom stereocenters. The fraction of sp³-hybridized carbons (Fsp3) is 0.219. The van der Waals surface area contributed by atoms with Crippen molar-refractivity contribution in [3.8, 4) is 5.75 Å². The number of nitro benzene ring substituents is 1. The van der Waals surface area contributed by atoms with E-state index in [1.807, 2.05) is 66.7 Å². The standard InChI is InChI=1S/C32H31NO4/c1-23-14-20-30(32(2,3)37-28-18-16-27(17-19-28)33(35)36)29(23)22-26(24-10-6-4-7-11-24)15-21-31(34)25-12-8-5-9-13-25/h4-13,15-19,21-22,30H,14,20H2,1-3H3/b21-15-,26-22+. The van der Waals surface area contributed by atoms with Crippen LogP contribution in [0.4, 0.5) is 5.69 Å². The van der Waals surface area contributed by atoms with E-state index in [2.05, 4.69) is 26.8 Å². The van der Waals surface area contributed by atoms with E-state index in [4.69, 9.17) is 4.74 Å². The normalized spacial score (nSPS) is 16.3. The van der Waals surface area contributed by atoms with Gasteiger partial charge in [0, 0.05) is 23.6 Å². The highest BCUT2D eigenvalue weighted by molar-refractivity contribution is 6.05. The van der Waals surface area contributed by atoms with Crippen molar-refractivity contribution >= 4 is 17.0 Å². The van der Waals surface area contributed by atoms with Crippen molar-refractivity contribution in [2.75, 3.05) is 0 Å². The van der Waals surface area contributed by atoms with Crippen molar-refractivity contribution in [3.05, 3.63) is 136 Å². The Balaban J connectivity index is 1.64. The summed E-state index contributed by atoms with van der Waals surface area (Å²) in [5.74, 6) is 0.665. The summed E-state index contributed by atoms with van der Waals surface area (Å²) >= 11 is 0. The molecule has 0 radical (unpaired) electrons. The first-order chi connectivity index (χ1) is 17.7. The van der Waals surface area contributed by atoms with Gasteiger partial charge in [-0.25, -0.2) is 0 Å². The fourth-order valence-electron chi connectivity index (χ4n) is 4.80. The van der Waals surface area contributed by atoms with Crippen molar-refractivity contribution in [3.63, 3.8) is 0 Å². The molecule has 37 heavy (non-hydrogen) atoms. The SMILES string of the molecule is CC1=C(/C=C(\C=C/C(=O)c2ccccc2)c2ccccc2)C(C(C)(C)Oc2ccc([N+](=O)[O-])cc2)CC1. The van der Waals surface area contributed by atoms with Crippen molar-refractivity contribution in [2.45, 2.75) is 39.2 Å². The predicted octanol–water partition coefficient (Wildman–Crippen LogP) is 8.00. The summed E-state index contributed by atoms with van der Waals surface area (Å²) in [4.78, 5) is 23.4. The van der Waals surface area contributed by atoms with E-state index in [-0.39, 0.29) is 17.4 Å². The number of carbonyl (C=O) groups is 1. The Labute approximate surface area is 218 Å². The Morgan fingerprint density at radius 2 is 1.51 bits per heavy atom. The molecule has 1 aliphatic rings. The Hall–Kier alpha value is -4.25. The first-order valence-corrected chi connectivity index (χ1v) is 12.4. The molecule has 0 amide bonds. The topological polar surface area (TPSA) is 69.4 Å². The zero-order valence-electron chi connectivity index (χ0n) is 21.4. The number of allylic oxidation sites excluding steroid dienone is 5. The van der Waals surface area contributed by atoms with Gasteiger partial charge in [-0.05, 0) is 68.5 Å². The minimum atomic E-state index is -0.550. The molecule has 0 aromatic heterocycles. The van der Waals surface area contributed by atoms with E-state index in [1.165, 1.54) is 23.3 Å². The molecule has 0 N–H and O–H groups in total. The second kappa shape index (κ2) is 11.2. The first-order valence-electron chi connectivity index (χ1n) is 12.4.